The normalized spacial score (nSPS) is 20.8. The van der Waals surface area contributed by atoms with Gasteiger partial charge in [0.15, 0.2) is 0 Å². The SMILES string of the molecule is CC(C(=O)O)C1CN(C(=O)NC2CCN(Cc3ccccc3)CC2)C1. The Hall–Kier alpha value is -2.08. The first kappa shape index (κ1) is 17.7. The molecule has 2 aliphatic heterocycles. The molecule has 2 amide bonds. The van der Waals surface area contributed by atoms with Crippen molar-refractivity contribution in [2.45, 2.75) is 32.4 Å². The number of urea groups is 1. The quantitative estimate of drug-likeness (QED) is 0.856. The van der Waals surface area contributed by atoms with Crippen LogP contribution in [-0.4, -0.2) is 59.1 Å². The minimum Gasteiger partial charge on any atom is -0.481 e. The van der Waals surface area contributed by atoms with Gasteiger partial charge in [-0.3, -0.25) is 9.69 Å². The fraction of sp³-hybridized carbons (Fsp3) is 0.579. The van der Waals surface area contributed by atoms with Crippen molar-refractivity contribution in [1.29, 1.82) is 0 Å². The van der Waals surface area contributed by atoms with Crippen LogP contribution >= 0.6 is 0 Å². The van der Waals surface area contributed by atoms with E-state index in [1.807, 2.05) is 6.07 Å². The van der Waals surface area contributed by atoms with Gasteiger partial charge in [-0.25, -0.2) is 4.79 Å². The van der Waals surface area contributed by atoms with Gasteiger partial charge in [-0.1, -0.05) is 37.3 Å². The maximum Gasteiger partial charge on any atom is 0.317 e. The lowest BCUT2D eigenvalue weighted by molar-refractivity contribution is -0.144. The second-order valence-corrected chi connectivity index (χ2v) is 7.28. The zero-order chi connectivity index (χ0) is 17.8. The van der Waals surface area contributed by atoms with E-state index in [4.69, 9.17) is 5.11 Å². The third-order valence-corrected chi connectivity index (χ3v) is 5.46. The molecule has 136 valence electrons. The Bertz CT molecular complexity index is 593. The van der Waals surface area contributed by atoms with Crippen LogP contribution in [-0.2, 0) is 11.3 Å². The summed E-state index contributed by atoms with van der Waals surface area (Å²) in [4.78, 5) is 27.4. The van der Waals surface area contributed by atoms with E-state index in [0.29, 0.717) is 13.1 Å². The Morgan fingerprint density at radius 1 is 1.20 bits per heavy atom. The lowest BCUT2D eigenvalue weighted by atomic mass is 9.87. The van der Waals surface area contributed by atoms with Crippen molar-refractivity contribution in [2.24, 2.45) is 11.8 Å². The lowest BCUT2D eigenvalue weighted by Crippen LogP contribution is -2.58. The molecule has 0 aliphatic carbocycles. The third-order valence-electron chi connectivity index (χ3n) is 5.46. The van der Waals surface area contributed by atoms with Gasteiger partial charge in [0.1, 0.15) is 0 Å². The number of aliphatic carboxylic acids is 1. The molecule has 6 nitrogen and oxygen atoms in total. The van der Waals surface area contributed by atoms with Gasteiger partial charge in [0, 0.05) is 44.7 Å². The molecule has 2 saturated heterocycles. The fourth-order valence-corrected chi connectivity index (χ4v) is 3.54. The molecule has 0 spiro atoms. The molecule has 2 fully saturated rings. The Morgan fingerprint density at radius 2 is 1.84 bits per heavy atom. The number of hydrogen-bond donors (Lipinski definition) is 2. The van der Waals surface area contributed by atoms with E-state index in [1.165, 1.54) is 5.56 Å². The molecule has 3 rings (SSSR count). The fourth-order valence-electron chi connectivity index (χ4n) is 3.54. The van der Waals surface area contributed by atoms with Crippen LogP contribution in [0.15, 0.2) is 30.3 Å². The summed E-state index contributed by atoms with van der Waals surface area (Å²) in [5.74, 6) is -1.09. The minimum atomic E-state index is -0.782. The molecule has 0 bridgehead atoms. The summed E-state index contributed by atoms with van der Waals surface area (Å²) in [7, 11) is 0. The van der Waals surface area contributed by atoms with Gasteiger partial charge in [-0.15, -0.1) is 0 Å². The van der Waals surface area contributed by atoms with E-state index in [9.17, 15) is 9.59 Å². The average molecular weight is 345 g/mol. The van der Waals surface area contributed by atoms with Crippen molar-refractivity contribution < 1.29 is 14.7 Å². The van der Waals surface area contributed by atoms with E-state index in [2.05, 4.69) is 34.5 Å². The monoisotopic (exact) mass is 345 g/mol. The van der Waals surface area contributed by atoms with E-state index >= 15 is 0 Å². The van der Waals surface area contributed by atoms with Gasteiger partial charge in [0.05, 0.1) is 5.92 Å². The molecule has 1 unspecified atom stereocenters. The number of carboxylic acids is 1. The van der Waals surface area contributed by atoms with Crippen LogP contribution in [0.5, 0.6) is 0 Å². The highest BCUT2D eigenvalue weighted by atomic mass is 16.4. The molecule has 2 heterocycles. The minimum absolute atomic E-state index is 0.0460. The van der Waals surface area contributed by atoms with Crippen LogP contribution in [0, 0.1) is 11.8 Å². The van der Waals surface area contributed by atoms with Crippen molar-refractivity contribution >= 4 is 12.0 Å². The van der Waals surface area contributed by atoms with E-state index in [-0.39, 0.29) is 23.9 Å². The summed E-state index contributed by atoms with van der Waals surface area (Å²) >= 11 is 0. The first-order chi connectivity index (χ1) is 12.0. The summed E-state index contributed by atoms with van der Waals surface area (Å²) in [6.07, 6.45) is 1.92. The average Bonchev–Trinajstić information content (AvgIpc) is 2.56. The largest absolute Gasteiger partial charge is 0.481 e. The molecule has 0 saturated carbocycles. The number of likely N-dealkylation sites (tertiary alicyclic amines) is 2. The predicted molar refractivity (Wildman–Crippen MR) is 95.1 cm³/mol. The standard InChI is InChI=1S/C19H27N3O3/c1-14(18(23)24)16-12-22(13-16)19(25)20-17-7-9-21(10-8-17)11-15-5-3-2-4-6-15/h2-6,14,16-17H,7-13H2,1H3,(H,20,25)(H,23,24). The zero-order valence-corrected chi connectivity index (χ0v) is 14.7. The van der Waals surface area contributed by atoms with E-state index in [1.54, 1.807) is 11.8 Å². The summed E-state index contributed by atoms with van der Waals surface area (Å²) in [5, 5.41) is 12.1. The lowest BCUT2D eigenvalue weighted by Gasteiger charge is -2.42. The smallest absolute Gasteiger partial charge is 0.317 e. The van der Waals surface area contributed by atoms with Crippen molar-refractivity contribution in [3.05, 3.63) is 35.9 Å². The molecular formula is C19H27N3O3. The highest BCUT2D eigenvalue weighted by Crippen LogP contribution is 2.24. The Morgan fingerprint density at radius 3 is 2.44 bits per heavy atom. The van der Waals surface area contributed by atoms with Crippen LogP contribution in [0.3, 0.4) is 0 Å². The first-order valence-corrected chi connectivity index (χ1v) is 9.07. The molecule has 0 radical (unpaired) electrons. The molecular weight excluding hydrogens is 318 g/mol. The molecule has 1 aromatic rings. The van der Waals surface area contributed by atoms with Crippen molar-refractivity contribution in [3.63, 3.8) is 0 Å². The molecule has 0 aromatic heterocycles. The van der Waals surface area contributed by atoms with Crippen LogP contribution in [0.4, 0.5) is 4.79 Å². The molecule has 2 aliphatic rings. The topological polar surface area (TPSA) is 72.9 Å². The number of piperidine rings is 1. The molecule has 1 aromatic carbocycles. The number of nitrogens with one attached hydrogen (secondary N) is 1. The van der Waals surface area contributed by atoms with Crippen LogP contribution in [0.25, 0.3) is 0 Å². The van der Waals surface area contributed by atoms with Crippen LogP contribution < -0.4 is 5.32 Å². The molecule has 25 heavy (non-hydrogen) atoms. The number of rotatable bonds is 5. The van der Waals surface area contributed by atoms with E-state index in [0.717, 1.165) is 32.5 Å². The summed E-state index contributed by atoms with van der Waals surface area (Å²) in [5.41, 5.74) is 1.32. The second kappa shape index (κ2) is 7.87. The van der Waals surface area contributed by atoms with Gasteiger partial charge in [0.25, 0.3) is 0 Å². The molecule has 2 N–H and O–H groups in total. The van der Waals surface area contributed by atoms with Gasteiger partial charge >= 0.3 is 12.0 Å². The van der Waals surface area contributed by atoms with Gasteiger partial charge in [-0.2, -0.15) is 0 Å². The van der Waals surface area contributed by atoms with Gasteiger partial charge in [0.2, 0.25) is 0 Å². The van der Waals surface area contributed by atoms with Gasteiger partial charge in [-0.05, 0) is 18.4 Å². The summed E-state index contributed by atoms with van der Waals surface area (Å²) < 4.78 is 0. The maximum absolute atomic E-state index is 12.3. The zero-order valence-electron chi connectivity index (χ0n) is 14.7. The Balaban J connectivity index is 1.37. The van der Waals surface area contributed by atoms with Crippen molar-refractivity contribution in [3.8, 4) is 0 Å². The number of hydrogen-bond acceptors (Lipinski definition) is 3. The van der Waals surface area contributed by atoms with E-state index < -0.39 is 5.97 Å². The van der Waals surface area contributed by atoms with Crippen molar-refractivity contribution in [2.75, 3.05) is 26.2 Å². The third kappa shape index (κ3) is 4.51. The summed E-state index contributed by atoms with van der Waals surface area (Å²) in [6.45, 7) is 5.74. The Labute approximate surface area is 148 Å². The molecule has 6 heteroatoms. The van der Waals surface area contributed by atoms with Crippen molar-refractivity contribution in [1.82, 2.24) is 15.1 Å². The highest BCUT2D eigenvalue weighted by molar-refractivity contribution is 5.76. The number of carbonyl (C=O) groups excluding carboxylic acids is 1. The number of benzene rings is 1. The predicted octanol–water partition coefficient (Wildman–Crippen LogP) is 2.01. The molecule has 1 atom stereocenters. The summed E-state index contributed by atoms with van der Waals surface area (Å²) in [6, 6.07) is 10.6. The highest BCUT2D eigenvalue weighted by Gasteiger charge is 2.37. The van der Waals surface area contributed by atoms with Gasteiger partial charge < -0.3 is 15.3 Å². The first-order valence-electron chi connectivity index (χ1n) is 9.07. The van der Waals surface area contributed by atoms with Crippen LogP contribution in [0.2, 0.25) is 0 Å². The number of carboxylic acid groups (broad SMARTS) is 1. The Kier molecular flexibility index (Phi) is 5.58. The maximum atomic E-state index is 12.3. The second-order valence-electron chi connectivity index (χ2n) is 7.28. The van der Waals surface area contributed by atoms with Crippen LogP contribution in [0.1, 0.15) is 25.3 Å². The number of nitrogens with zero attached hydrogens (tertiary/aromatic N) is 2. The number of amides is 2. The number of carbonyl (C=O) groups is 2.